The number of alkyl halides is 2. The highest BCUT2D eigenvalue weighted by atomic mass is 19.3. The van der Waals surface area contributed by atoms with E-state index >= 15 is 0 Å². The lowest BCUT2D eigenvalue weighted by molar-refractivity contribution is -0.138. The van der Waals surface area contributed by atoms with Crippen LogP contribution in [0.5, 0.6) is 0 Å². The Hall–Kier alpha value is -0.710. The van der Waals surface area contributed by atoms with Gasteiger partial charge in [0.05, 0.1) is 0 Å². The molecule has 2 N–H and O–H groups in total. The number of hydrogen-bond acceptors (Lipinski definition) is 2. The highest BCUT2D eigenvalue weighted by molar-refractivity contribution is 5.79. The van der Waals surface area contributed by atoms with Gasteiger partial charge in [-0.15, -0.1) is 0 Å². The molecule has 3 atom stereocenters. The molecule has 19 heavy (non-hydrogen) atoms. The van der Waals surface area contributed by atoms with Crippen LogP contribution in [0.4, 0.5) is 8.78 Å². The first-order chi connectivity index (χ1) is 8.96. The number of fused-ring (bicyclic) bond motifs is 1. The van der Waals surface area contributed by atoms with Crippen LogP contribution in [0.3, 0.4) is 0 Å². The third kappa shape index (κ3) is 2.49. The summed E-state index contributed by atoms with van der Waals surface area (Å²) in [7, 11) is 0. The number of amides is 1. The molecule has 2 saturated carbocycles. The van der Waals surface area contributed by atoms with Crippen molar-refractivity contribution in [2.24, 2.45) is 23.5 Å². The van der Waals surface area contributed by atoms with Gasteiger partial charge >= 0.3 is 0 Å². The molecule has 0 bridgehead atoms. The minimum Gasteiger partial charge on any atom is -0.342 e. The summed E-state index contributed by atoms with van der Waals surface area (Å²) in [6.07, 6.45) is 2.58. The van der Waals surface area contributed by atoms with Crippen LogP contribution in [-0.4, -0.2) is 35.9 Å². The average molecular weight is 272 g/mol. The number of carbonyl (C=O) groups excluding carboxylic acids is 1. The lowest BCUT2D eigenvalue weighted by atomic mass is 9.86. The van der Waals surface area contributed by atoms with Gasteiger partial charge in [-0.3, -0.25) is 4.79 Å². The van der Waals surface area contributed by atoms with E-state index in [0.29, 0.717) is 24.7 Å². The zero-order valence-corrected chi connectivity index (χ0v) is 11.2. The Morgan fingerprint density at radius 1 is 1.11 bits per heavy atom. The van der Waals surface area contributed by atoms with Crippen LogP contribution in [0.25, 0.3) is 0 Å². The summed E-state index contributed by atoms with van der Waals surface area (Å²) in [5.74, 6) is -1.66. The largest absolute Gasteiger partial charge is 0.342 e. The van der Waals surface area contributed by atoms with Crippen LogP contribution >= 0.6 is 0 Å². The monoisotopic (exact) mass is 272 g/mol. The molecule has 0 aromatic carbocycles. The van der Waals surface area contributed by atoms with E-state index in [1.807, 2.05) is 4.90 Å². The van der Waals surface area contributed by atoms with E-state index in [9.17, 15) is 13.6 Å². The van der Waals surface area contributed by atoms with Gasteiger partial charge in [0.15, 0.2) is 0 Å². The Morgan fingerprint density at radius 3 is 2.42 bits per heavy atom. The summed E-state index contributed by atoms with van der Waals surface area (Å²) < 4.78 is 26.2. The number of carbonyl (C=O) groups is 1. The minimum atomic E-state index is -2.55. The van der Waals surface area contributed by atoms with E-state index in [1.54, 1.807) is 0 Å². The smallest absolute Gasteiger partial charge is 0.248 e. The molecule has 0 spiro atoms. The molecule has 3 aliphatic rings. The van der Waals surface area contributed by atoms with E-state index in [1.165, 1.54) is 0 Å². The van der Waals surface area contributed by atoms with Crippen molar-refractivity contribution in [3.05, 3.63) is 0 Å². The minimum absolute atomic E-state index is 0.0945. The van der Waals surface area contributed by atoms with Crippen LogP contribution in [0.1, 0.15) is 38.5 Å². The van der Waals surface area contributed by atoms with Crippen molar-refractivity contribution in [1.82, 2.24) is 4.90 Å². The maximum absolute atomic E-state index is 13.1. The predicted octanol–water partition coefficient (Wildman–Crippen LogP) is 2.01. The molecule has 1 aliphatic heterocycles. The Bertz CT molecular complexity index is 364. The van der Waals surface area contributed by atoms with Gasteiger partial charge < -0.3 is 10.6 Å². The molecule has 108 valence electrons. The standard InChI is InChI=1S/C14H22F2N2O/c15-14(16)5-3-9(4-6-14)13(19)18-7-10-1-2-12(17)11(10)8-18/h9-12H,1-8,17H2/t10-,11+,12+/m0/s1. The summed E-state index contributed by atoms with van der Waals surface area (Å²) >= 11 is 0. The van der Waals surface area contributed by atoms with E-state index in [-0.39, 0.29) is 30.7 Å². The molecule has 0 unspecified atom stereocenters. The van der Waals surface area contributed by atoms with Gasteiger partial charge in [0.1, 0.15) is 0 Å². The number of likely N-dealkylation sites (tertiary alicyclic amines) is 1. The Morgan fingerprint density at radius 2 is 1.79 bits per heavy atom. The lowest BCUT2D eigenvalue weighted by Gasteiger charge is -2.30. The van der Waals surface area contributed by atoms with Gasteiger partial charge in [0.2, 0.25) is 11.8 Å². The molecule has 0 radical (unpaired) electrons. The molecule has 1 heterocycles. The first-order valence-electron chi connectivity index (χ1n) is 7.38. The van der Waals surface area contributed by atoms with Crippen LogP contribution in [0.15, 0.2) is 0 Å². The molecule has 3 fully saturated rings. The highest BCUT2D eigenvalue weighted by Crippen LogP contribution is 2.40. The van der Waals surface area contributed by atoms with Gasteiger partial charge in [-0.1, -0.05) is 0 Å². The fourth-order valence-electron chi connectivity index (χ4n) is 4.03. The highest BCUT2D eigenvalue weighted by Gasteiger charge is 2.45. The first-order valence-corrected chi connectivity index (χ1v) is 7.38. The van der Waals surface area contributed by atoms with Crippen molar-refractivity contribution in [2.75, 3.05) is 13.1 Å². The fraction of sp³-hybridized carbons (Fsp3) is 0.929. The maximum Gasteiger partial charge on any atom is 0.248 e. The fourth-order valence-corrected chi connectivity index (χ4v) is 4.03. The van der Waals surface area contributed by atoms with Crippen molar-refractivity contribution < 1.29 is 13.6 Å². The molecule has 3 nitrogen and oxygen atoms in total. The normalized spacial score (nSPS) is 38.5. The van der Waals surface area contributed by atoms with Crippen molar-refractivity contribution in [1.29, 1.82) is 0 Å². The van der Waals surface area contributed by atoms with Crippen LogP contribution in [-0.2, 0) is 4.79 Å². The van der Waals surface area contributed by atoms with Crippen LogP contribution in [0.2, 0.25) is 0 Å². The van der Waals surface area contributed by atoms with Crippen molar-refractivity contribution in [3.8, 4) is 0 Å². The topological polar surface area (TPSA) is 46.3 Å². The van der Waals surface area contributed by atoms with E-state index in [0.717, 1.165) is 25.9 Å². The van der Waals surface area contributed by atoms with Gasteiger partial charge in [0.25, 0.3) is 0 Å². The Labute approximate surface area is 112 Å². The number of nitrogens with zero attached hydrogens (tertiary/aromatic N) is 1. The summed E-state index contributed by atoms with van der Waals surface area (Å²) in [4.78, 5) is 14.3. The summed E-state index contributed by atoms with van der Waals surface area (Å²) in [6, 6.07) is 0.221. The molecule has 1 saturated heterocycles. The molecular formula is C14H22F2N2O. The quantitative estimate of drug-likeness (QED) is 0.793. The number of rotatable bonds is 1. The third-order valence-electron chi connectivity index (χ3n) is 5.29. The lowest BCUT2D eigenvalue weighted by Crippen LogP contribution is -2.39. The summed E-state index contributed by atoms with van der Waals surface area (Å²) in [6.45, 7) is 1.54. The molecule has 1 amide bonds. The Balaban J connectivity index is 1.57. The van der Waals surface area contributed by atoms with Crippen LogP contribution < -0.4 is 5.73 Å². The Kier molecular flexibility index (Phi) is 3.28. The second-order valence-electron chi connectivity index (χ2n) is 6.54. The third-order valence-corrected chi connectivity index (χ3v) is 5.29. The van der Waals surface area contributed by atoms with E-state index < -0.39 is 5.92 Å². The molecule has 0 aromatic heterocycles. The zero-order valence-electron chi connectivity index (χ0n) is 11.2. The zero-order chi connectivity index (χ0) is 13.6. The van der Waals surface area contributed by atoms with Gasteiger partial charge in [0, 0.05) is 37.9 Å². The molecule has 5 heteroatoms. The number of hydrogen-bond donors (Lipinski definition) is 1. The molecular weight excluding hydrogens is 250 g/mol. The second kappa shape index (κ2) is 4.69. The van der Waals surface area contributed by atoms with Crippen molar-refractivity contribution in [3.63, 3.8) is 0 Å². The van der Waals surface area contributed by atoms with E-state index in [4.69, 9.17) is 5.73 Å². The molecule has 0 aromatic rings. The average Bonchev–Trinajstić information content (AvgIpc) is 2.91. The number of nitrogens with two attached hydrogens (primary N) is 1. The van der Waals surface area contributed by atoms with Gasteiger partial charge in [-0.25, -0.2) is 8.78 Å². The summed E-state index contributed by atoms with van der Waals surface area (Å²) in [5.41, 5.74) is 6.06. The van der Waals surface area contributed by atoms with E-state index in [2.05, 4.69) is 0 Å². The first kappa shape index (κ1) is 13.3. The van der Waals surface area contributed by atoms with Gasteiger partial charge in [-0.05, 0) is 37.5 Å². The van der Waals surface area contributed by atoms with Crippen molar-refractivity contribution >= 4 is 5.91 Å². The molecule has 3 rings (SSSR count). The predicted molar refractivity (Wildman–Crippen MR) is 67.7 cm³/mol. The maximum atomic E-state index is 13.1. The summed E-state index contributed by atoms with van der Waals surface area (Å²) in [5, 5.41) is 0. The number of halogens is 2. The molecule has 2 aliphatic carbocycles. The SMILES string of the molecule is N[C@@H]1CC[C@H]2CN(C(=O)C3CCC(F)(F)CC3)C[C@H]21. The van der Waals surface area contributed by atoms with Crippen LogP contribution in [0, 0.1) is 17.8 Å². The van der Waals surface area contributed by atoms with Gasteiger partial charge in [-0.2, -0.15) is 0 Å². The van der Waals surface area contributed by atoms with Crippen molar-refractivity contribution in [2.45, 2.75) is 50.5 Å². The second-order valence-corrected chi connectivity index (χ2v) is 6.54.